The van der Waals surface area contributed by atoms with Gasteiger partial charge in [-0.1, -0.05) is 62.8 Å². The fourth-order valence-corrected chi connectivity index (χ4v) is 18.8. The maximum atomic E-state index is 14.7. The van der Waals surface area contributed by atoms with Crippen molar-refractivity contribution in [1.82, 2.24) is 0 Å². The van der Waals surface area contributed by atoms with Gasteiger partial charge in [-0.05, 0) is 138 Å². The van der Waals surface area contributed by atoms with Crippen LogP contribution in [0.25, 0.3) is 0 Å². The summed E-state index contributed by atoms with van der Waals surface area (Å²) in [5.74, 6) is -3.53. The van der Waals surface area contributed by atoms with Crippen LogP contribution in [0, 0.1) is 40.4 Å². The smallest absolute Gasteiger partial charge is 0.474 e. The Kier molecular flexibility index (Phi) is 14.0. The first-order chi connectivity index (χ1) is 35.1. The summed E-state index contributed by atoms with van der Waals surface area (Å²) in [5, 5.41) is 0. The molecule has 9 rings (SSSR count). The lowest BCUT2D eigenvalue weighted by Gasteiger charge is -2.72. The van der Waals surface area contributed by atoms with Gasteiger partial charge in [0, 0.05) is 36.4 Å². The molecule has 11 atom stereocenters. The molecule has 3 heterocycles. The lowest BCUT2D eigenvalue weighted by Crippen LogP contribution is -2.72. The standard InChI is InChI=1S/C54H71F3O15S2Si2/c1-34-19-21-36(22-20-34)73(60,61)67-32-51(26-15-16-35-29-53(69-45(35)59)46(71-75(7,8)9)49(4,31-66-53)72-76(10,11)12)42(70-74(62,63)54(55,56)57)24-23-39-47(2)27-25-40-48(3,41(47)28-43(50(39,51)5)65-33-64-6)30-52(40)44(58)37-17-13-14-18-38(37)68-52/h13-14,16-22,24-25,39,41,43,46H,15,23,26-33H2,1-12H3/b35-16+/t39-,41-,43+,46-,47-,48+,49+,50+,51+,52-,53-/m1/s1. The molecule has 0 amide bonds. The molecule has 0 N–H and O–H groups in total. The fraction of sp³-hybridized carbons (Fsp3) is 0.630. The van der Waals surface area contributed by atoms with Crippen molar-refractivity contribution in [1.29, 1.82) is 0 Å². The van der Waals surface area contributed by atoms with Crippen LogP contribution in [0.15, 0.2) is 88.6 Å². The molecular weight excluding hydrogens is 1070 g/mol. The fourth-order valence-electron chi connectivity index (χ4n) is 14.6. The van der Waals surface area contributed by atoms with E-state index in [4.69, 9.17) is 40.9 Å². The van der Waals surface area contributed by atoms with Gasteiger partial charge in [-0.3, -0.25) is 8.98 Å². The second kappa shape index (κ2) is 18.7. The monoisotopic (exact) mass is 1140 g/mol. The highest BCUT2D eigenvalue weighted by molar-refractivity contribution is 7.87. The number of alkyl halides is 3. The van der Waals surface area contributed by atoms with Crippen molar-refractivity contribution in [2.75, 3.05) is 27.1 Å². The minimum absolute atomic E-state index is 0.0270. The van der Waals surface area contributed by atoms with E-state index in [1.165, 1.54) is 25.3 Å². The van der Waals surface area contributed by atoms with E-state index < -0.39 is 117 Å². The number of para-hydroxylation sites is 1. The van der Waals surface area contributed by atoms with Crippen molar-refractivity contribution >= 4 is 48.6 Å². The molecule has 2 spiro atoms. The van der Waals surface area contributed by atoms with Crippen LogP contribution in [-0.4, -0.2) is 107 Å². The predicted molar refractivity (Wildman–Crippen MR) is 277 cm³/mol. The van der Waals surface area contributed by atoms with Crippen molar-refractivity contribution < 1.29 is 80.5 Å². The van der Waals surface area contributed by atoms with Gasteiger partial charge in [0.25, 0.3) is 10.1 Å². The van der Waals surface area contributed by atoms with E-state index in [0.717, 1.165) is 11.1 Å². The first kappa shape index (κ1) is 57.0. The third kappa shape index (κ3) is 9.12. The number of rotatable bonds is 16. The van der Waals surface area contributed by atoms with Gasteiger partial charge in [0.15, 0.2) is 22.2 Å². The number of halogens is 3. The maximum absolute atomic E-state index is 14.7. The molecule has 3 aliphatic heterocycles. The molecule has 2 aromatic rings. The van der Waals surface area contributed by atoms with Crippen molar-refractivity contribution in [3.63, 3.8) is 0 Å². The molecule has 4 fully saturated rings. The van der Waals surface area contributed by atoms with Gasteiger partial charge >= 0.3 is 21.6 Å². The van der Waals surface area contributed by atoms with Gasteiger partial charge in [-0.2, -0.15) is 30.0 Å². The van der Waals surface area contributed by atoms with E-state index in [0.29, 0.717) is 24.2 Å². The number of ketones is 1. The Morgan fingerprint density at radius 3 is 2.20 bits per heavy atom. The number of hydrogen-bond acceptors (Lipinski definition) is 15. The molecule has 0 unspecified atom stereocenters. The number of benzene rings is 2. The number of Topliss-reactive ketones (excluding diaryl/α,β-unsaturated/α-hetero) is 1. The van der Waals surface area contributed by atoms with Crippen LogP contribution in [0.3, 0.4) is 0 Å². The summed E-state index contributed by atoms with van der Waals surface area (Å²) in [6.07, 6.45) is 3.36. The highest BCUT2D eigenvalue weighted by atomic mass is 32.2. The van der Waals surface area contributed by atoms with E-state index in [2.05, 4.69) is 13.8 Å². The van der Waals surface area contributed by atoms with Crippen LogP contribution in [-0.2, 0) is 61.2 Å². The van der Waals surface area contributed by atoms with Gasteiger partial charge in [-0.25, -0.2) is 4.79 Å². The van der Waals surface area contributed by atoms with Gasteiger partial charge in [0.1, 0.15) is 30.0 Å². The number of esters is 1. The maximum Gasteiger partial charge on any atom is 0.534 e. The minimum Gasteiger partial charge on any atom is -0.474 e. The third-order valence-electron chi connectivity index (χ3n) is 17.6. The van der Waals surface area contributed by atoms with Crippen molar-refractivity contribution in [3.05, 3.63) is 94.8 Å². The Hall–Kier alpha value is -3.72. The summed E-state index contributed by atoms with van der Waals surface area (Å²) in [6.45, 7) is 20.5. The molecule has 0 bridgehead atoms. The van der Waals surface area contributed by atoms with Gasteiger partial charge < -0.3 is 36.7 Å². The Balaban J connectivity index is 1.17. The van der Waals surface area contributed by atoms with Gasteiger partial charge in [0.05, 0.1) is 35.2 Å². The number of ether oxygens (including phenoxy) is 5. The Bertz CT molecular complexity index is 3010. The summed E-state index contributed by atoms with van der Waals surface area (Å²) >= 11 is 0. The molecule has 418 valence electrons. The zero-order valence-corrected chi connectivity index (χ0v) is 48.9. The van der Waals surface area contributed by atoms with Crippen LogP contribution < -0.4 is 4.74 Å². The Morgan fingerprint density at radius 2 is 1.57 bits per heavy atom. The molecule has 2 saturated heterocycles. The normalized spacial score (nSPS) is 36.7. The Labute approximate surface area is 446 Å². The molecule has 2 aromatic carbocycles. The second-order valence-corrected chi connectivity index (χ2v) is 36.9. The molecule has 22 heteroatoms. The van der Waals surface area contributed by atoms with Crippen molar-refractivity contribution in [3.8, 4) is 5.75 Å². The largest absolute Gasteiger partial charge is 0.534 e. The number of aryl methyl sites for hydroxylation is 1. The van der Waals surface area contributed by atoms with E-state index in [-0.39, 0.29) is 67.7 Å². The lowest BCUT2D eigenvalue weighted by molar-refractivity contribution is -0.260. The van der Waals surface area contributed by atoms with Gasteiger partial charge in [-0.15, -0.1) is 0 Å². The van der Waals surface area contributed by atoms with E-state index in [9.17, 15) is 39.6 Å². The zero-order valence-electron chi connectivity index (χ0n) is 45.3. The van der Waals surface area contributed by atoms with Crippen LogP contribution >= 0.6 is 0 Å². The summed E-state index contributed by atoms with van der Waals surface area (Å²) in [4.78, 5) is 28.2. The van der Waals surface area contributed by atoms with Gasteiger partial charge in [0.2, 0.25) is 11.6 Å². The molecule has 15 nitrogen and oxygen atoms in total. The average Bonchev–Trinajstić information content (AvgIpc) is 3.87. The number of carbonyl (C=O) groups is 2. The van der Waals surface area contributed by atoms with Crippen LogP contribution in [0.1, 0.15) is 88.6 Å². The number of fused-ring (bicyclic) bond motifs is 7. The topological polar surface area (TPSA) is 185 Å². The number of hydrogen-bond donors (Lipinski definition) is 0. The zero-order chi connectivity index (χ0) is 55.7. The lowest BCUT2D eigenvalue weighted by atomic mass is 9.33. The minimum atomic E-state index is -6.40. The summed E-state index contributed by atoms with van der Waals surface area (Å²) in [6, 6.07) is 12.9. The summed E-state index contributed by atoms with van der Waals surface area (Å²) in [7, 11) is -14.3. The molecule has 7 aliphatic rings. The third-order valence-corrected chi connectivity index (χ3v) is 21.8. The van der Waals surface area contributed by atoms with Crippen molar-refractivity contribution in [2.45, 2.75) is 158 Å². The summed E-state index contributed by atoms with van der Waals surface area (Å²) in [5.41, 5.74) is -10.9. The van der Waals surface area contributed by atoms with Crippen molar-refractivity contribution in [2.24, 2.45) is 33.5 Å². The van der Waals surface area contributed by atoms with Crippen LogP contribution in [0.5, 0.6) is 5.75 Å². The van der Waals surface area contributed by atoms with E-state index >= 15 is 0 Å². The van der Waals surface area contributed by atoms with E-state index in [1.54, 1.807) is 50.3 Å². The highest BCUT2D eigenvalue weighted by Crippen LogP contribution is 2.77. The van der Waals surface area contributed by atoms with Crippen LogP contribution in [0.2, 0.25) is 39.3 Å². The summed E-state index contributed by atoms with van der Waals surface area (Å²) < 4.78 is 156. The number of allylic oxidation sites excluding steroid dienone is 3. The molecule has 4 aliphatic carbocycles. The molecular formula is C54H71F3O15S2Si2. The Morgan fingerprint density at radius 1 is 0.882 bits per heavy atom. The molecule has 0 radical (unpaired) electrons. The van der Waals surface area contributed by atoms with Crippen LogP contribution in [0.4, 0.5) is 13.2 Å². The SMILES string of the molecule is COCO[C@H]1C[C@@H]2[C@](C)(CC=C3[C@@]4(C[C@@]32C)Oc2ccccc2C4=O)[C@H]2CC=C(OS(=O)(=O)C(F)(F)F)[C@](CC/C=C3\C[C@@]4(OC[C@](C)(O[Si](C)(C)C)[C@H]4O[Si](C)(C)C)OC3=O)(COS(=O)(=O)c3ccc(C)cc3)[C@]12C. The average molecular weight is 1140 g/mol. The number of carbonyl (C=O) groups excluding carboxylic acids is 2. The first-order valence-electron chi connectivity index (χ1n) is 25.8. The quantitative estimate of drug-likeness (QED) is 0.0294. The first-order valence-corrected chi connectivity index (χ1v) is 35.5. The second-order valence-electron chi connectivity index (χ2n) is 24.8. The molecule has 0 aromatic heterocycles. The van der Waals surface area contributed by atoms with E-state index in [1.807, 2.05) is 58.3 Å². The molecule has 76 heavy (non-hydrogen) atoms. The highest BCUT2D eigenvalue weighted by Gasteiger charge is 2.77. The molecule has 2 saturated carbocycles. The predicted octanol–water partition coefficient (Wildman–Crippen LogP) is 10.4. The number of methoxy groups -OCH3 is 1.